The number of rotatable bonds is 5. The van der Waals surface area contributed by atoms with Gasteiger partial charge in [0.15, 0.2) is 0 Å². The van der Waals surface area contributed by atoms with Crippen LogP contribution in [0, 0.1) is 5.92 Å². The standard InChI is InChI=1S/C13H25N3O3/c17-12(10-16-5-7-19-8-6-16)9-15-13(18)11-1-3-14-4-2-11/h11-12,14,17H,1-10H2,(H,15,18). The molecule has 0 bridgehead atoms. The number of nitrogens with zero attached hydrogens (tertiary/aromatic N) is 1. The van der Waals surface area contributed by atoms with E-state index in [1.54, 1.807) is 0 Å². The predicted octanol–water partition coefficient (Wildman–Crippen LogP) is -1.20. The van der Waals surface area contributed by atoms with Crippen LogP contribution in [-0.2, 0) is 9.53 Å². The predicted molar refractivity (Wildman–Crippen MR) is 71.9 cm³/mol. The first-order chi connectivity index (χ1) is 9.25. The van der Waals surface area contributed by atoms with Crippen molar-refractivity contribution in [3.05, 3.63) is 0 Å². The summed E-state index contributed by atoms with van der Waals surface area (Å²) in [5, 5.41) is 16.0. The van der Waals surface area contributed by atoms with Crippen LogP contribution in [0.1, 0.15) is 12.8 Å². The molecule has 0 aromatic rings. The Balaban J connectivity index is 1.61. The van der Waals surface area contributed by atoms with Crippen LogP contribution in [0.5, 0.6) is 0 Å². The van der Waals surface area contributed by atoms with Gasteiger partial charge in [0, 0.05) is 32.1 Å². The maximum atomic E-state index is 11.9. The molecule has 1 atom stereocenters. The summed E-state index contributed by atoms with van der Waals surface area (Å²) in [5.41, 5.74) is 0. The molecule has 2 aliphatic heterocycles. The summed E-state index contributed by atoms with van der Waals surface area (Å²) in [6.45, 7) is 5.96. The fraction of sp³-hybridized carbons (Fsp3) is 0.923. The molecule has 3 N–H and O–H groups in total. The lowest BCUT2D eigenvalue weighted by Gasteiger charge is -2.29. The van der Waals surface area contributed by atoms with Crippen LogP contribution in [0.15, 0.2) is 0 Å². The minimum Gasteiger partial charge on any atom is -0.390 e. The molecule has 0 aromatic heterocycles. The summed E-state index contributed by atoms with van der Waals surface area (Å²) >= 11 is 0. The average Bonchev–Trinajstić information content (AvgIpc) is 2.47. The highest BCUT2D eigenvalue weighted by Crippen LogP contribution is 2.11. The number of hydrogen-bond acceptors (Lipinski definition) is 5. The van der Waals surface area contributed by atoms with E-state index >= 15 is 0 Å². The van der Waals surface area contributed by atoms with Gasteiger partial charge in [0.25, 0.3) is 0 Å². The highest BCUT2D eigenvalue weighted by Gasteiger charge is 2.21. The maximum Gasteiger partial charge on any atom is 0.223 e. The zero-order valence-electron chi connectivity index (χ0n) is 11.4. The molecule has 2 rings (SSSR count). The lowest BCUT2D eigenvalue weighted by atomic mass is 9.97. The number of morpholine rings is 1. The molecule has 0 aliphatic carbocycles. The lowest BCUT2D eigenvalue weighted by Crippen LogP contribution is -2.46. The summed E-state index contributed by atoms with van der Waals surface area (Å²) in [4.78, 5) is 14.1. The van der Waals surface area contributed by atoms with Crippen molar-refractivity contribution in [1.29, 1.82) is 0 Å². The van der Waals surface area contributed by atoms with Crippen molar-refractivity contribution < 1.29 is 14.6 Å². The van der Waals surface area contributed by atoms with Gasteiger partial charge in [0.1, 0.15) is 0 Å². The van der Waals surface area contributed by atoms with Crippen molar-refractivity contribution in [3.63, 3.8) is 0 Å². The second-order valence-electron chi connectivity index (χ2n) is 5.34. The third-order valence-electron chi connectivity index (χ3n) is 3.79. The first kappa shape index (κ1) is 14.7. The van der Waals surface area contributed by atoms with Crippen molar-refractivity contribution in [3.8, 4) is 0 Å². The van der Waals surface area contributed by atoms with E-state index in [1.807, 2.05) is 0 Å². The van der Waals surface area contributed by atoms with Crippen molar-refractivity contribution >= 4 is 5.91 Å². The normalized spacial score (nSPS) is 24.1. The van der Waals surface area contributed by atoms with Crippen LogP contribution in [0.2, 0.25) is 0 Å². The number of carbonyl (C=O) groups excluding carboxylic acids is 1. The van der Waals surface area contributed by atoms with Gasteiger partial charge in [-0.3, -0.25) is 9.69 Å². The summed E-state index contributed by atoms with van der Waals surface area (Å²) in [6.07, 6.45) is 1.29. The van der Waals surface area contributed by atoms with Crippen LogP contribution in [0.3, 0.4) is 0 Å². The fourth-order valence-corrected chi connectivity index (χ4v) is 2.59. The van der Waals surface area contributed by atoms with E-state index in [9.17, 15) is 9.90 Å². The van der Waals surface area contributed by atoms with Gasteiger partial charge in [0.2, 0.25) is 5.91 Å². The summed E-state index contributed by atoms with van der Waals surface area (Å²) in [7, 11) is 0. The van der Waals surface area contributed by atoms with Crippen molar-refractivity contribution in [2.24, 2.45) is 5.92 Å². The number of carbonyl (C=O) groups is 1. The molecule has 1 unspecified atom stereocenters. The molecular weight excluding hydrogens is 246 g/mol. The van der Waals surface area contributed by atoms with Gasteiger partial charge in [-0.1, -0.05) is 0 Å². The highest BCUT2D eigenvalue weighted by molar-refractivity contribution is 5.78. The molecule has 2 fully saturated rings. The molecular formula is C13H25N3O3. The van der Waals surface area contributed by atoms with Gasteiger partial charge in [-0.25, -0.2) is 0 Å². The zero-order valence-corrected chi connectivity index (χ0v) is 11.4. The number of hydrogen-bond donors (Lipinski definition) is 3. The molecule has 6 nitrogen and oxygen atoms in total. The fourth-order valence-electron chi connectivity index (χ4n) is 2.59. The molecule has 2 saturated heterocycles. The van der Waals surface area contributed by atoms with E-state index in [2.05, 4.69) is 15.5 Å². The second-order valence-corrected chi connectivity index (χ2v) is 5.34. The average molecular weight is 271 g/mol. The minimum atomic E-state index is -0.497. The summed E-state index contributed by atoms with van der Waals surface area (Å²) in [5.74, 6) is 0.194. The van der Waals surface area contributed by atoms with Crippen molar-refractivity contribution in [1.82, 2.24) is 15.5 Å². The highest BCUT2D eigenvalue weighted by atomic mass is 16.5. The number of amides is 1. The third-order valence-corrected chi connectivity index (χ3v) is 3.79. The first-order valence-electron chi connectivity index (χ1n) is 7.22. The Bertz CT molecular complexity index is 276. The van der Waals surface area contributed by atoms with Gasteiger partial charge in [0.05, 0.1) is 19.3 Å². The number of ether oxygens (including phenoxy) is 1. The summed E-state index contributed by atoms with van der Waals surface area (Å²) < 4.78 is 5.26. The maximum absolute atomic E-state index is 11.9. The second kappa shape index (κ2) is 7.79. The lowest BCUT2D eigenvalue weighted by molar-refractivity contribution is -0.126. The number of nitrogens with one attached hydrogen (secondary N) is 2. The minimum absolute atomic E-state index is 0.0857. The van der Waals surface area contributed by atoms with Crippen LogP contribution in [-0.4, -0.2) is 74.5 Å². The summed E-state index contributed by atoms with van der Waals surface area (Å²) in [6, 6.07) is 0. The topological polar surface area (TPSA) is 73.8 Å². The van der Waals surface area contributed by atoms with Crippen molar-refractivity contribution in [2.45, 2.75) is 18.9 Å². The molecule has 6 heteroatoms. The molecule has 2 heterocycles. The Labute approximate surface area is 114 Å². The first-order valence-corrected chi connectivity index (χ1v) is 7.22. The Kier molecular flexibility index (Phi) is 6.03. The van der Waals surface area contributed by atoms with E-state index in [0.717, 1.165) is 52.2 Å². The van der Waals surface area contributed by atoms with Gasteiger partial charge in [-0.15, -0.1) is 0 Å². The molecule has 0 radical (unpaired) electrons. The molecule has 0 saturated carbocycles. The van der Waals surface area contributed by atoms with Crippen LogP contribution < -0.4 is 10.6 Å². The van der Waals surface area contributed by atoms with Crippen LogP contribution in [0.4, 0.5) is 0 Å². The van der Waals surface area contributed by atoms with E-state index < -0.39 is 6.10 Å². The van der Waals surface area contributed by atoms with Crippen molar-refractivity contribution in [2.75, 3.05) is 52.5 Å². The quantitative estimate of drug-likeness (QED) is 0.585. The monoisotopic (exact) mass is 271 g/mol. The molecule has 1 amide bonds. The van der Waals surface area contributed by atoms with Crippen LogP contribution in [0.25, 0.3) is 0 Å². The van der Waals surface area contributed by atoms with Gasteiger partial charge >= 0.3 is 0 Å². The van der Waals surface area contributed by atoms with Gasteiger partial charge in [-0.2, -0.15) is 0 Å². The number of β-amino-alcohol motifs (C(OH)–C–C–N with tert-alkyl or cyclic N) is 1. The Hall–Kier alpha value is -0.690. The number of aliphatic hydroxyl groups is 1. The SMILES string of the molecule is O=C(NCC(O)CN1CCOCC1)C1CCNCC1. The number of aliphatic hydroxyl groups excluding tert-OH is 1. The largest absolute Gasteiger partial charge is 0.390 e. The Morgan fingerprint density at radius 3 is 2.74 bits per heavy atom. The third kappa shape index (κ3) is 5.06. The molecule has 0 aromatic carbocycles. The van der Waals surface area contributed by atoms with E-state index in [4.69, 9.17) is 4.74 Å². The van der Waals surface area contributed by atoms with E-state index in [-0.39, 0.29) is 11.8 Å². The number of piperidine rings is 1. The van der Waals surface area contributed by atoms with Gasteiger partial charge < -0.3 is 20.5 Å². The molecule has 2 aliphatic rings. The van der Waals surface area contributed by atoms with E-state index in [0.29, 0.717) is 13.1 Å². The Morgan fingerprint density at radius 2 is 2.05 bits per heavy atom. The molecule has 0 spiro atoms. The van der Waals surface area contributed by atoms with Gasteiger partial charge in [-0.05, 0) is 25.9 Å². The molecule has 110 valence electrons. The smallest absolute Gasteiger partial charge is 0.223 e. The zero-order chi connectivity index (χ0) is 13.5. The molecule has 19 heavy (non-hydrogen) atoms. The van der Waals surface area contributed by atoms with E-state index in [1.165, 1.54) is 0 Å². The van der Waals surface area contributed by atoms with Crippen LogP contribution >= 0.6 is 0 Å². The Morgan fingerprint density at radius 1 is 1.37 bits per heavy atom.